The van der Waals surface area contributed by atoms with Crippen LogP contribution in [0.1, 0.15) is 44.1 Å². The zero-order chi connectivity index (χ0) is 19.2. The number of carbonyl (C=O) groups excluding carboxylic acids is 1. The average Bonchev–Trinajstić information content (AvgIpc) is 3.34. The summed E-state index contributed by atoms with van der Waals surface area (Å²) in [5.41, 5.74) is 1.32. The maximum absolute atomic E-state index is 13.4. The molecule has 1 fully saturated rings. The molecule has 146 valence electrons. The molecule has 1 aliphatic heterocycles. The summed E-state index contributed by atoms with van der Waals surface area (Å²) in [5, 5.41) is 7.97. The lowest BCUT2D eigenvalue weighted by atomic mass is 10.2. The first-order valence-corrected chi connectivity index (χ1v) is 9.89. The van der Waals surface area contributed by atoms with Crippen LogP contribution < -0.4 is 10.1 Å². The maximum Gasteiger partial charge on any atom is 0.278 e. The van der Waals surface area contributed by atoms with Gasteiger partial charge in [-0.05, 0) is 37.4 Å². The van der Waals surface area contributed by atoms with E-state index in [9.17, 15) is 4.79 Å². The molecule has 3 rings (SSSR count). The third kappa shape index (κ3) is 4.69. The van der Waals surface area contributed by atoms with Gasteiger partial charge < -0.3 is 15.0 Å². The van der Waals surface area contributed by atoms with Gasteiger partial charge in [-0.25, -0.2) is 4.68 Å². The van der Waals surface area contributed by atoms with Gasteiger partial charge in [0.15, 0.2) is 11.4 Å². The van der Waals surface area contributed by atoms with Crippen LogP contribution in [0.2, 0.25) is 0 Å². The van der Waals surface area contributed by atoms with Crippen molar-refractivity contribution in [1.29, 1.82) is 0 Å². The normalized spacial score (nSPS) is 16.7. The lowest BCUT2D eigenvalue weighted by Crippen LogP contribution is -2.42. The number of benzene rings is 1. The summed E-state index contributed by atoms with van der Waals surface area (Å²) in [7, 11) is 0. The molecule has 1 atom stereocenters. The molecule has 1 saturated heterocycles. The summed E-state index contributed by atoms with van der Waals surface area (Å²) < 4.78 is 7.70. The van der Waals surface area contributed by atoms with E-state index < -0.39 is 0 Å². The molecule has 27 heavy (non-hydrogen) atoms. The Balaban J connectivity index is 1.92. The van der Waals surface area contributed by atoms with Gasteiger partial charge in [0.2, 0.25) is 0 Å². The molecular formula is C21H30N4O2. The van der Waals surface area contributed by atoms with Crippen molar-refractivity contribution in [3.05, 3.63) is 42.2 Å². The minimum absolute atomic E-state index is 0.0426. The van der Waals surface area contributed by atoms with E-state index in [0.717, 1.165) is 38.2 Å². The third-order valence-electron chi connectivity index (χ3n) is 4.68. The van der Waals surface area contributed by atoms with Gasteiger partial charge >= 0.3 is 0 Å². The standard InChI is InChI=1S/C21H30N4O2/c1-4-12-24(18-10-11-22-13-18)21(26)20-19(27-15-16(2)3)14-25(23-20)17-8-6-5-7-9-17/h5-9,14,16,18,22H,4,10-13,15H2,1-3H3. The molecule has 0 radical (unpaired) electrons. The summed E-state index contributed by atoms with van der Waals surface area (Å²) in [6.07, 6.45) is 3.72. The van der Waals surface area contributed by atoms with Gasteiger partial charge in [-0.15, -0.1) is 0 Å². The number of hydrogen-bond acceptors (Lipinski definition) is 4. The van der Waals surface area contributed by atoms with Crippen LogP contribution in [0.3, 0.4) is 0 Å². The average molecular weight is 370 g/mol. The molecule has 0 aliphatic carbocycles. The van der Waals surface area contributed by atoms with Crippen LogP contribution in [0.25, 0.3) is 5.69 Å². The van der Waals surface area contributed by atoms with E-state index in [2.05, 4.69) is 31.2 Å². The summed E-state index contributed by atoms with van der Waals surface area (Å²) in [6, 6.07) is 10.0. The number of hydrogen-bond donors (Lipinski definition) is 1. The number of nitrogens with zero attached hydrogens (tertiary/aromatic N) is 3. The number of aromatic nitrogens is 2. The number of rotatable bonds is 8. The summed E-state index contributed by atoms with van der Waals surface area (Å²) in [5.74, 6) is 0.891. The summed E-state index contributed by atoms with van der Waals surface area (Å²) in [6.45, 7) is 9.36. The highest BCUT2D eigenvalue weighted by Crippen LogP contribution is 2.24. The molecule has 1 amide bonds. The van der Waals surface area contributed by atoms with Crippen molar-refractivity contribution in [3.8, 4) is 11.4 Å². The van der Waals surface area contributed by atoms with Crippen molar-refractivity contribution in [2.24, 2.45) is 5.92 Å². The monoisotopic (exact) mass is 370 g/mol. The zero-order valence-electron chi connectivity index (χ0n) is 16.5. The molecule has 2 aromatic rings. The molecule has 6 nitrogen and oxygen atoms in total. The molecule has 1 N–H and O–H groups in total. The Bertz CT molecular complexity index is 736. The van der Waals surface area contributed by atoms with Crippen molar-refractivity contribution >= 4 is 5.91 Å². The van der Waals surface area contributed by atoms with Crippen LogP contribution in [-0.4, -0.2) is 52.9 Å². The largest absolute Gasteiger partial charge is 0.489 e. The van der Waals surface area contributed by atoms with Crippen LogP contribution in [0.5, 0.6) is 5.75 Å². The second-order valence-corrected chi connectivity index (χ2v) is 7.47. The molecule has 6 heteroatoms. The smallest absolute Gasteiger partial charge is 0.278 e. The predicted molar refractivity (Wildman–Crippen MR) is 106 cm³/mol. The lowest BCUT2D eigenvalue weighted by Gasteiger charge is -2.27. The van der Waals surface area contributed by atoms with Gasteiger partial charge in [-0.1, -0.05) is 39.0 Å². The van der Waals surface area contributed by atoms with Crippen molar-refractivity contribution in [2.75, 3.05) is 26.2 Å². The zero-order valence-corrected chi connectivity index (χ0v) is 16.5. The second kappa shape index (κ2) is 9.04. The van der Waals surface area contributed by atoms with Gasteiger partial charge in [-0.2, -0.15) is 5.10 Å². The van der Waals surface area contributed by atoms with E-state index in [1.807, 2.05) is 41.4 Å². The fraction of sp³-hybridized carbons (Fsp3) is 0.524. The van der Waals surface area contributed by atoms with Gasteiger partial charge in [-0.3, -0.25) is 4.79 Å². The summed E-state index contributed by atoms with van der Waals surface area (Å²) in [4.78, 5) is 15.3. The summed E-state index contributed by atoms with van der Waals surface area (Å²) >= 11 is 0. The third-order valence-corrected chi connectivity index (χ3v) is 4.68. The number of amides is 1. The SMILES string of the molecule is CCCN(C(=O)c1nn(-c2ccccc2)cc1OCC(C)C)C1CCNC1. The molecule has 1 aromatic heterocycles. The topological polar surface area (TPSA) is 59.4 Å². The minimum Gasteiger partial charge on any atom is -0.489 e. The van der Waals surface area contributed by atoms with Crippen molar-refractivity contribution in [1.82, 2.24) is 20.0 Å². The van der Waals surface area contributed by atoms with Crippen LogP contribution in [-0.2, 0) is 0 Å². The Morgan fingerprint density at radius 2 is 2.15 bits per heavy atom. The van der Waals surface area contributed by atoms with Crippen LogP contribution in [0.4, 0.5) is 0 Å². The van der Waals surface area contributed by atoms with Gasteiger partial charge in [0.05, 0.1) is 18.5 Å². The lowest BCUT2D eigenvalue weighted by molar-refractivity contribution is 0.0680. The van der Waals surface area contributed by atoms with E-state index in [1.54, 1.807) is 4.68 Å². The van der Waals surface area contributed by atoms with Crippen LogP contribution in [0.15, 0.2) is 36.5 Å². The first kappa shape index (κ1) is 19.4. The van der Waals surface area contributed by atoms with E-state index in [1.165, 1.54) is 0 Å². The van der Waals surface area contributed by atoms with Gasteiger partial charge in [0.1, 0.15) is 0 Å². The highest BCUT2D eigenvalue weighted by Gasteiger charge is 2.30. The number of carbonyl (C=O) groups is 1. The van der Waals surface area contributed by atoms with E-state index >= 15 is 0 Å². The Morgan fingerprint density at radius 1 is 1.37 bits per heavy atom. The maximum atomic E-state index is 13.4. The Morgan fingerprint density at radius 3 is 2.78 bits per heavy atom. The highest BCUT2D eigenvalue weighted by atomic mass is 16.5. The van der Waals surface area contributed by atoms with Gasteiger partial charge in [0.25, 0.3) is 5.91 Å². The van der Waals surface area contributed by atoms with Crippen molar-refractivity contribution < 1.29 is 9.53 Å². The number of para-hydroxylation sites is 1. The molecule has 1 aromatic carbocycles. The Labute approximate surface area is 161 Å². The number of nitrogens with one attached hydrogen (secondary N) is 1. The first-order valence-electron chi connectivity index (χ1n) is 9.89. The van der Waals surface area contributed by atoms with Crippen LogP contribution >= 0.6 is 0 Å². The van der Waals surface area contributed by atoms with Gasteiger partial charge in [0, 0.05) is 19.1 Å². The molecular weight excluding hydrogens is 340 g/mol. The second-order valence-electron chi connectivity index (χ2n) is 7.47. The fourth-order valence-corrected chi connectivity index (χ4v) is 3.31. The molecule has 1 aliphatic rings. The molecule has 0 saturated carbocycles. The molecule has 1 unspecified atom stereocenters. The van der Waals surface area contributed by atoms with E-state index in [4.69, 9.17) is 4.74 Å². The molecule has 0 bridgehead atoms. The van der Waals surface area contributed by atoms with Crippen LogP contribution in [0, 0.1) is 5.92 Å². The Hall–Kier alpha value is -2.34. The van der Waals surface area contributed by atoms with E-state index in [0.29, 0.717) is 24.0 Å². The van der Waals surface area contributed by atoms with E-state index in [-0.39, 0.29) is 11.9 Å². The molecule has 2 heterocycles. The van der Waals surface area contributed by atoms with Crippen molar-refractivity contribution in [3.63, 3.8) is 0 Å². The number of ether oxygens (including phenoxy) is 1. The highest BCUT2D eigenvalue weighted by molar-refractivity contribution is 5.95. The van der Waals surface area contributed by atoms with Crippen molar-refractivity contribution in [2.45, 2.75) is 39.7 Å². The predicted octanol–water partition coefficient (Wildman–Crippen LogP) is 3.12. The first-order chi connectivity index (χ1) is 13.1. The molecule has 0 spiro atoms. The minimum atomic E-state index is -0.0426. The fourth-order valence-electron chi connectivity index (χ4n) is 3.31. The Kier molecular flexibility index (Phi) is 6.50. The quantitative estimate of drug-likeness (QED) is 0.776.